The van der Waals surface area contributed by atoms with Gasteiger partial charge in [-0.25, -0.2) is 14.4 Å². The third-order valence-electron chi connectivity index (χ3n) is 5.00. The van der Waals surface area contributed by atoms with Crippen LogP contribution in [0.3, 0.4) is 0 Å². The van der Waals surface area contributed by atoms with E-state index in [0.717, 1.165) is 37.2 Å². The minimum Gasteiger partial charge on any atom is -0.392 e. The summed E-state index contributed by atoms with van der Waals surface area (Å²) in [6.45, 7) is 1.54. The second kappa shape index (κ2) is 9.00. The van der Waals surface area contributed by atoms with Gasteiger partial charge in [-0.2, -0.15) is 5.10 Å². The van der Waals surface area contributed by atoms with Crippen LogP contribution in [0.15, 0.2) is 48.1 Å². The number of halogens is 1. The van der Waals surface area contributed by atoms with Gasteiger partial charge in [0.1, 0.15) is 12.4 Å². The average Bonchev–Trinajstić information content (AvgIpc) is 3.19. The van der Waals surface area contributed by atoms with E-state index >= 15 is 0 Å². The highest BCUT2D eigenvalue weighted by molar-refractivity contribution is 5.86. The first kappa shape index (κ1) is 20.0. The average molecular weight is 410 g/mol. The van der Waals surface area contributed by atoms with Crippen LogP contribution in [-0.2, 0) is 25.1 Å². The molecule has 0 aliphatic carbocycles. The lowest BCUT2D eigenvalue weighted by atomic mass is 10.1. The lowest BCUT2D eigenvalue weighted by Crippen LogP contribution is -2.35. The fourth-order valence-corrected chi connectivity index (χ4v) is 3.35. The molecular weight excluding hydrogens is 387 g/mol. The molecule has 0 bridgehead atoms. The number of aromatic nitrogens is 4. The van der Waals surface area contributed by atoms with Crippen LogP contribution in [0.25, 0.3) is 11.1 Å². The molecule has 0 radical (unpaired) electrons. The number of rotatable bonds is 6. The normalized spacial score (nSPS) is 14.1. The van der Waals surface area contributed by atoms with Crippen LogP contribution in [0.2, 0.25) is 0 Å². The van der Waals surface area contributed by atoms with Crippen molar-refractivity contribution in [3.63, 3.8) is 0 Å². The minimum absolute atomic E-state index is 0.255. The zero-order valence-corrected chi connectivity index (χ0v) is 16.7. The second-order valence-corrected chi connectivity index (χ2v) is 7.15. The van der Waals surface area contributed by atoms with Gasteiger partial charge < -0.3 is 14.8 Å². The Hall–Kier alpha value is -3.33. The first-order valence-electron chi connectivity index (χ1n) is 9.75. The summed E-state index contributed by atoms with van der Waals surface area (Å²) in [5, 5.41) is 17.6. The Morgan fingerprint density at radius 1 is 1.17 bits per heavy atom. The Morgan fingerprint density at radius 3 is 2.60 bits per heavy atom. The third kappa shape index (κ3) is 4.46. The van der Waals surface area contributed by atoms with Gasteiger partial charge in [-0.3, -0.25) is 4.68 Å². The number of aliphatic hydroxyl groups is 1. The molecular formula is C21H23FN6O2. The molecule has 1 N–H and O–H groups in total. The van der Waals surface area contributed by atoms with Crippen LogP contribution >= 0.6 is 0 Å². The topological polar surface area (TPSA) is 88.7 Å². The highest BCUT2D eigenvalue weighted by Crippen LogP contribution is 2.25. The fourth-order valence-electron chi connectivity index (χ4n) is 3.35. The van der Waals surface area contributed by atoms with E-state index in [2.05, 4.69) is 25.1 Å². The van der Waals surface area contributed by atoms with Crippen molar-refractivity contribution >= 4 is 11.7 Å². The van der Waals surface area contributed by atoms with Gasteiger partial charge in [0.2, 0.25) is 5.95 Å². The van der Waals surface area contributed by atoms with E-state index in [1.165, 1.54) is 0 Å². The standard InChI is InChI=1S/C21H23FN6O2/c1-27-12-15(9-25-27)14-30-26-18-5-7-28(8-6-18)21-23-10-17(11-24-21)19-4-2-3-16(13-29)20(19)22/h2-4,9-12,29H,5-8,13-14H2,1H3. The molecule has 156 valence electrons. The van der Waals surface area contributed by atoms with E-state index < -0.39 is 5.82 Å². The van der Waals surface area contributed by atoms with E-state index in [4.69, 9.17) is 4.84 Å². The molecule has 0 amide bonds. The summed E-state index contributed by atoms with van der Waals surface area (Å²) >= 11 is 0. The monoisotopic (exact) mass is 410 g/mol. The van der Waals surface area contributed by atoms with Crippen LogP contribution in [-0.4, -0.2) is 43.7 Å². The molecule has 1 aliphatic heterocycles. The molecule has 8 nitrogen and oxygen atoms in total. The summed E-state index contributed by atoms with van der Waals surface area (Å²) in [6, 6.07) is 4.92. The number of aryl methyl sites for hydroxylation is 1. The second-order valence-electron chi connectivity index (χ2n) is 7.15. The summed E-state index contributed by atoms with van der Waals surface area (Å²) in [7, 11) is 1.86. The summed E-state index contributed by atoms with van der Waals surface area (Å²) in [5.74, 6) is 0.161. The summed E-state index contributed by atoms with van der Waals surface area (Å²) < 4.78 is 16.1. The highest BCUT2D eigenvalue weighted by Gasteiger charge is 2.18. The molecule has 0 spiro atoms. The highest BCUT2D eigenvalue weighted by atomic mass is 19.1. The van der Waals surface area contributed by atoms with Gasteiger partial charge in [0, 0.05) is 73.8 Å². The van der Waals surface area contributed by atoms with Crippen molar-refractivity contribution in [2.24, 2.45) is 12.2 Å². The van der Waals surface area contributed by atoms with Gasteiger partial charge in [0.25, 0.3) is 0 Å². The molecule has 4 rings (SSSR count). The van der Waals surface area contributed by atoms with Gasteiger partial charge in [-0.15, -0.1) is 0 Å². The molecule has 9 heteroatoms. The predicted octanol–water partition coefficient (Wildman–Crippen LogP) is 2.68. The van der Waals surface area contributed by atoms with E-state index in [9.17, 15) is 9.50 Å². The number of hydrogen-bond acceptors (Lipinski definition) is 7. The molecule has 0 saturated carbocycles. The van der Waals surface area contributed by atoms with E-state index in [1.54, 1.807) is 41.5 Å². The first-order valence-corrected chi connectivity index (χ1v) is 9.75. The molecule has 0 unspecified atom stereocenters. The van der Waals surface area contributed by atoms with E-state index in [-0.39, 0.29) is 12.2 Å². The largest absolute Gasteiger partial charge is 0.392 e. The number of benzene rings is 1. The van der Waals surface area contributed by atoms with Gasteiger partial charge in [-0.05, 0) is 0 Å². The maximum Gasteiger partial charge on any atom is 0.225 e. The SMILES string of the molecule is Cn1cc(CON=C2CCN(c3ncc(-c4cccc(CO)c4F)cn3)CC2)cn1. The lowest BCUT2D eigenvalue weighted by Gasteiger charge is -2.27. The molecule has 2 aromatic heterocycles. The molecule has 1 aliphatic rings. The summed E-state index contributed by atoms with van der Waals surface area (Å²) in [5.41, 5.74) is 3.20. The Morgan fingerprint density at radius 2 is 1.93 bits per heavy atom. The van der Waals surface area contributed by atoms with Crippen LogP contribution < -0.4 is 4.90 Å². The number of oxime groups is 1. The van der Waals surface area contributed by atoms with Crippen molar-refractivity contribution in [3.05, 3.63) is 59.9 Å². The maximum atomic E-state index is 14.4. The third-order valence-corrected chi connectivity index (χ3v) is 5.00. The number of aliphatic hydroxyl groups excluding tert-OH is 1. The van der Waals surface area contributed by atoms with Crippen molar-refractivity contribution in [1.82, 2.24) is 19.7 Å². The zero-order chi connectivity index (χ0) is 20.9. The Kier molecular flexibility index (Phi) is 5.99. The first-order chi connectivity index (χ1) is 14.6. The van der Waals surface area contributed by atoms with E-state index in [1.807, 2.05) is 13.2 Å². The Balaban J connectivity index is 1.34. The van der Waals surface area contributed by atoms with Gasteiger partial charge in [0.05, 0.1) is 18.5 Å². The lowest BCUT2D eigenvalue weighted by molar-refractivity contribution is 0.129. The summed E-state index contributed by atoms with van der Waals surface area (Å²) in [4.78, 5) is 16.3. The van der Waals surface area contributed by atoms with Gasteiger partial charge in [0.15, 0.2) is 0 Å². The van der Waals surface area contributed by atoms with Gasteiger partial charge >= 0.3 is 0 Å². The molecule has 0 atom stereocenters. The molecule has 1 fully saturated rings. The van der Waals surface area contributed by atoms with Crippen LogP contribution in [0, 0.1) is 5.82 Å². The number of nitrogens with zero attached hydrogens (tertiary/aromatic N) is 6. The smallest absolute Gasteiger partial charge is 0.225 e. The zero-order valence-electron chi connectivity index (χ0n) is 16.7. The maximum absolute atomic E-state index is 14.4. The molecule has 3 heterocycles. The van der Waals surface area contributed by atoms with Crippen molar-refractivity contribution < 1.29 is 14.3 Å². The predicted molar refractivity (Wildman–Crippen MR) is 110 cm³/mol. The van der Waals surface area contributed by atoms with Crippen molar-refractivity contribution in [2.45, 2.75) is 26.1 Å². The fraction of sp³-hybridized carbons (Fsp3) is 0.333. The van der Waals surface area contributed by atoms with Crippen molar-refractivity contribution in [2.75, 3.05) is 18.0 Å². The quantitative estimate of drug-likeness (QED) is 0.629. The van der Waals surface area contributed by atoms with E-state index in [0.29, 0.717) is 23.7 Å². The number of hydrogen-bond donors (Lipinski definition) is 1. The number of piperidine rings is 1. The molecule has 3 aromatic rings. The Labute approximate surface area is 173 Å². The Bertz CT molecular complexity index is 1020. The number of anilines is 1. The molecule has 30 heavy (non-hydrogen) atoms. The van der Waals surface area contributed by atoms with Crippen LogP contribution in [0.1, 0.15) is 24.0 Å². The van der Waals surface area contributed by atoms with Crippen molar-refractivity contribution in [3.8, 4) is 11.1 Å². The van der Waals surface area contributed by atoms with Gasteiger partial charge in [-0.1, -0.05) is 23.4 Å². The van der Waals surface area contributed by atoms with Crippen molar-refractivity contribution in [1.29, 1.82) is 0 Å². The summed E-state index contributed by atoms with van der Waals surface area (Å²) in [6.07, 6.45) is 8.42. The molecule has 1 aromatic carbocycles. The van der Waals surface area contributed by atoms with Crippen LogP contribution in [0.4, 0.5) is 10.3 Å². The van der Waals surface area contributed by atoms with Crippen LogP contribution in [0.5, 0.6) is 0 Å². The minimum atomic E-state index is -0.443. The molecule has 1 saturated heterocycles.